The molecule has 1 N–H and O–H groups in total. The maximum Gasteiger partial charge on any atom is 0.253 e. The molecule has 27 heavy (non-hydrogen) atoms. The summed E-state index contributed by atoms with van der Waals surface area (Å²) in [6, 6.07) is 11.3. The maximum absolute atomic E-state index is 12.8. The second-order valence-electron chi connectivity index (χ2n) is 6.76. The molecule has 0 bridgehead atoms. The number of aromatic nitrogens is 1. The fourth-order valence-electron chi connectivity index (χ4n) is 3.37. The van der Waals surface area contributed by atoms with E-state index in [0.717, 1.165) is 28.5 Å². The van der Waals surface area contributed by atoms with E-state index in [2.05, 4.69) is 9.88 Å². The number of ether oxygens (including phenoxy) is 2. The second kappa shape index (κ2) is 6.87. The van der Waals surface area contributed by atoms with Crippen LogP contribution in [0.4, 0.5) is 0 Å². The lowest BCUT2D eigenvalue weighted by Gasteiger charge is -2.15. The van der Waals surface area contributed by atoms with E-state index in [-0.39, 0.29) is 18.7 Å². The summed E-state index contributed by atoms with van der Waals surface area (Å²) in [5.74, 6) is 2.21. The molecule has 0 spiro atoms. The summed E-state index contributed by atoms with van der Waals surface area (Å²) in [6.07, 6.45) is 1.66. The molecule has 1 aliphatic rings. The molecular weight excluding hydrogens is 344 g/mol. The van der Waals surface area contributed by atoms with Crippen LogP contribution in [0.5, 0.6) is 11.5 Å². The first-order valence-electron chi connectivity index (χ1n) is 8.92. The number of hydrogen-bond donors (Lipinski definition) is 1. The first-order chi connectivity index (χ1) is 13.0. The van der Waals surface area contributed by atoms with Gasteiger partial charge in [-0.05, 0) is 56.7 Å². The minimum atomic E-state index is -0.153. The van der Waals surface area contributed by atoms with Crippen molar-refractivity contribution < 1.29 is 18.7 Å². The molecule has 0 unspecified atom stereocenters. The Balaban J connectivity index is 1.51. The van der Waals surface area contributed by atoms with Gasteiger partial charge in [-0.2, -0.15) is 0 Å². The molecule has 0 fully saturated rings. The minimum Gasteiger partial charge on any atom is -0.467 e. The summed E-state index contributed by atoms with van der Waals surface area (Å²) in [5, 5.41) is 3.07. The van der Waals surface area contributed by atoms with Gasteiger partial charge in [0.05, 0.1) is 24.4 Å². The molecule has 0 saturated heterocycles. The average Bonchev–Trinajstić information content (AvgIpc) is 3.38. The van der Waals surface area contributed by atoms with Crippen molar-refractivity contribution in [1.82, 2.24) is 9.88 Å². The average molecular weight is 366 g/mol. The van der Waals surface area contributed by atoms with Gasteiger partial charge in [0.1, 0.15) is 5.76 Å². The lowest BCUT2D eigenvalue weighted by atomic mass is 10.1. The predicted molar refractivity (Wildman–Crippen MR) is 100 cm³/mol. The van der Waals surface area contributed by atoms with Gasteiger partial charge in [-0.1, -0.05) is 6.07 Å². The van der Waals surface area contributed by atoms with Gasteiger partial charge in [-0.3, -0.25) is 4.79 Å². The standard InChI is InChI=1S/C21H22N2O4/c1-13-9-18(15(3)23(13)11-17-5-4-8-25-17)21(24)22-14(2)16-6-7-19-20(10-16)27-12-26-19/h4-10,14H,11-12H2,1-3H3,(H,22,24)/t14-/m0/s1. The quantitative estimate of drug-likeness (QED) is 0.742. The fourth-order valence-corrected chi connectivity index (χ4v) is 3.37. The van der Waals surface area contributed by atoms with Crippen LogP contribution >= 0.6 is 0 Å². The Bertz CT molecular complexity index is 972. The van der Waals surface area contributed by atoms with E-state index in [1.54, 1.807) is 6.26 Å². The smallest absolute Gasteiger partial charge is 0.253 e. The number of benzene rings is 1. The summed E-state index contributed by atoms with van der Waals surface area (Å²) >= 11 is 0. The Labute approximate surface area is 157 Å². The van der Waals surface area contributed by atoms with E-state index in [4.69, 9.17) is 13.9 Å². The highest BCUT2D eigenvalue weighted by atomic mass is 16.7. The third-order valence-electron chi connectivity index (χ3n) is 4.96. The molecule has 6 heteroatoms. The molecule has 1 amide bonds. The Morgan fingerprint density at radius 2 is 2.00 bits per heavy atom. The zero-order valence-corrected chi connectivity index (χ0v) is 15.6. The monoisotopic (exact) mass is 366 g/mol. The van der Waals surface area contributed by atoms with Crippen LogP contribution in [-0.4, -0.2) is 17.3 Å². The summed E-state index contributed by atoms with van der Waals surface area (Å²) in [6.45, 7) is 6.75. The van der Waals surface area contributed by atoms with Gasteiger partial charge in [0.25, 0.3) is 5.91 Å². The first kappa shape index (κ1) is 17.3. The van der Waals surface area contributed by atoms with Crippen molar-refractivity contribution in [2.24, 2.45) is 0 Å². The molecule has 3 aromatic rings. The number of aryl methyl sites for hydroxylation is 1. The van der Waals surface area contributed by atoms with Crippen molar-refractivity contribution >= 4 is 5.91 Å². The lowest BCUT2D eigenvalue weighted by molar-refractivity contribution is 0.0939. The van der Waals surface area contributed by atoms with Crippen molar-refractivity contribution in [3.63, 3.8) is 0 Å². The predicted octanol–water partition coefficient (Wildman–Crippen LogP) is 3.97. The van der Waals surface area contributed by atoms with Crippen LogP contribution in [0, 0.1) is 13.8 Å². The van der Waals surface area contributed by atoms with Gasteiger partial charge in [-0.15, -0.1) is 0 Å². The van der Waals surface area contributed by atoms with Crippen LogP contribution < -0.4 is 14.8 Å². The second-order valence-corrected chi connectivity index (χ2v) is 6.76. The highest BCUT2D eigenvalue weighted by molar-refractivity contribution is 5.96. The van der Waals surface area contributed by atoms with Crippen molar-refractivity contribution in [2.75, 3.05) is 6.79 Å². The summed E-state index contributed by atoms with van der Waals surface area (Å²) < 4.78 is 18.3. The summed E-state index contributed by atoms with van der Waals surface area (Å²) in [7, 11) is 0. The van der Waals surface area contributed by atoms with Crippen LogP contribution in [0.1, 0.15) is 46.0 Å². The molecule has 1 aromatic carbocycles. The number of furan rings is 1. The SMILES string of the molecule is Cc1cc(C(=O)N[C@@H](C)c2ccc3c(c2)OCO3)c(C)n1Cc1ccco1. The van der Waals surface area contributed by atoms with Crippen LogP contribution in [0.2, 0.25) is 0 Å². The Morgan fingerprint density at radius 1 is 1.19 bits per heavy atom. The number of amides is 1. The van der Waals surface area contributed by atoms with Gasteiger partial charge in [0, 0.05) is 11.4 Å². The molecule has 0 saturated carbocycles. The largest absolute Gasteiger partial charge is 0.467 e. The molecule has 0 radical (unpaired) electrons. The number of hydrogen-bond acceptors (Lipinski definition) is 4. The molecule has 1 aliphatic heterocycles. The van der Waals surface area contributed by atoms with Gasteiger partial charge in [0.2, 0.25) is 6.79 Å². The van der Waals surface area contributed by atoms with E-state index in [1.165, 1.54) is 0 Å². The van der Waals surface area contributed by atoms with Crippen LogP contribution in [0.3, 0.4) is 0 Å². The molecular formula is C21H22N2O4. The van der Waals surface area contributed by atoms with Crippen LogP contribution in [0.25, 0.3) is 0 Å². The highest BCUT2D eigenvalue weighted by Crippen LogP contribution is 2.34. The number of carbonyl (C=O) groups excluding carboxylic acids is 1. The number of nitrogens with zero attached hydrogens (tertiary/aromatic N) is 1. The van der Waals surface area contributed by atoms with Gasteiger partial charge in [-0.25, -0.2) is 0 Å². The third-order valence-corrected chi connectivity index (χ3v) is 4.96. The summed E-state index contributed by atoms with van der Waals surface area (Å²) in [4.78, 5) is 12.8. The van der Waals surface area contributed by atoms with E-state index in [9.17, 15) is 4.79 Å². The number of fused-ring (bicyclic) bond motifs is 1. The molecule has 4 rings (SSSR count). The molecule has 140 valence electrons. The molecule has 1 atom stereocenters. The van der Waals surface area contributed by atoms with Crippen molar-refractivity contribution in [2.45, 2.75) is 33.4 Å². The fraction of sp³-hybridized carbons (Fsp3) is 0.286. The molecule has 6 nitrogen and oxygen atoms in total. The number of carbonyl (C=O) groups is 1. The zero-order chi connectivity index (χ0) is 19.0. The number of rotatable bonds is 5. The normalized spacial score (nSPS) is 13.6. The Morgan fingerprint density at radius 3 is 2.78 bits per heavy atom. The topological polar surface area (TPSA) is 65.6 Å². The van der Waals surface area contributed by atoms with Gasteiger partial charge < -0.3 is 23.8 Å². The van der Waals surface area contributed by atoms with Crippen LogP contribution in [-0.2, 0) is 6.54 Å². The first-order valence-corrected chi connectivity index (χ1v) is 8.92. The molecule has 3 heterocycles. The van der Waals surface area contributed by atoms with E-state index < -0.39 is 0 Å². The van der Waals surface area contributed by atoms with Gasteiger partial charge >= 0.3 is 0 Å². The molecule has 2 aromatic heterocycles. The van der Waals surface area contributed by atoms with Crippen molar-refractivity contribution in [3.8, 4) is 11.5 Å². The summed E-state index contributed by atoms with van der Waals surface area (Å²) in [5.41, 5.74) is 3.58. The van der Waals surface area contributed by atoms with E-state index >= 15 is 0 Å². The van der Waals surface area contributed by atoms with Crippen molar-refractivity contribution in [1.29, 1.82) is 0 Å². The lowest BCUT2D eigenvalue weighted by Crippen LogP contribution is -2.27. The van der Waals surface area contributed by atoms with E-state index in [1.807, 2.05) is 57.2 Å². The van der Waals surface area contributed by atoms with E-state index in [0.29, 0.717) is 17.9 Å². The highest BCUT2D eigenvalue weighted by Gasteiger charge is 2.20. The van der Waals surface area contributed by atoms with Gasteiger partial charge in [0.15, 0.2) is 11.5 Å². The Kier molecular flexibility index (Phi) is 4.39. The van der Waals surface area contributed by atoms with Crippen molar-refractivity contribution in [3.05, 3.63) is 70.9 Å². The Hall–Kier alpha value is -3.15. The maximum atomic E-state index is 12.8. The minimum absolute atomic E-state index is 0.0982. The zero-order valence-electron chi connectivity index (χ0n) is 15.6. The molecule has 0 aliphatic carbocycles. The third kappa shape index (κ3) is 3.30. The van der Waals surface area contributed by atoms with Crippen LogP contribution in [0.15, 0.2) is 47.1 Å². The number of nitrogens with one attached hydrogen (secondary N) is 1.